The van der Waals surface area contributed by atoms with Crippen molar-refractivity contribution in [2.24, 2.45) is 0 Å². The fourth-order valence-electron chi connectivity index (χ4n) is 4.08. The van der Waals surface area contributed by atoms with Gasteiger partial charge in [0.1, 0.15) is 16.6 Å². The number of rotatable bonds is 6. The number of hydrogen-bond donors (Lipinski definition) is 1. The van der Waals surface area contributed by atoms with Gasteiger partial charge in [0, 0.05) is 35.8 Å². The summed E-state index contributed by atoms with van der Waals surface area (Å²) in [6.45, 7) is 5.20. The Hall–Kier alpha value is -3.83. The lowest BCUT2D eigenvalue weighted by Gasteiger charge is -2.16. The van der Waals surface area contributed by atoms with Crippen molar-refractivity contribution in [2.45, 2.75) is 33.5 Å². The van der Waals surface area contributed by atoms with Crippen LogP contribution < -0.4 is 10.1 Å². The van der Waals surface area contributed by atoms with Crippen LogP contribution in [0.15, 0.2) is 36.8 Å². The van der Waals surface area contributed by atoms with Gasteiger partial charge in [-0.1, -0.05) is 22.9 Å². The molecule has 10 nitrogen and oxygen atoms in total. The molecule has 2 amide bonds. The first-order valence-corrected chi connectivity index (χ1v) is 12.3. The molecule has 0 fully saturated rings. The normalized spacial score (nSPS) is 12.5. The zero-order valence-electron chi connectivity index (χ0n) is 19.8. The van der Waals surface area contributed by atoms with Crippen LogP contribution in [-0.4, -0.2) is 48.6 Å². The van der Waals surface area contributed by atoms with E-state index in [9.17, 15) is 9.59 Å². The van der Waals surface area contributed by atoms with Crippen molar-refractivity contribution in [3.8, 4) is 16.9 Å². The van der Waals surface area contributed by atoms with Crippen molar-refractivity contribution in [3.05, 3.63) is 69.5 Å². The number of nitrogens with one attached hydrogen (secondary N) is 1. The van der Waals surface area contributed by atoms with Crippen molar-refractivity contribution in [3.63, 3.8) is 0 Å². The molecule has 184 valence electrons. The van der Waals surface area contributed by atoms with E-state index < -0.39 is 0 Å². The molecule has 4 aromatic heterocycles. The van der Waals surface area contributed by atoms with Crippen LogP contribution in [-0.2, 0) is 19.6 Å². The van der Waals surface area contributed by atoms with Crippen molar-refractivity contribution in [1.82, 2.24) is 29.6 Å². The molecule has 5 rings (SSSR count). The van der Waals surface area contributed by atoms with Gasteiger partial charge in [-0.05, 0) is 32.0 Å². The van der Waals surface area contributed by atoms with E-state index in [0.29, 0.717) is 52.9 Å². The molecular weight excluding hydrogens is 502 g/mol. The Labute approximate surface area is 215 Å². The first kappa shape index (κ1) is 23.9. The number of carbonyl (C=O) groups excluding carboxylic acids is 2. The number of nitrogens with zero attached hydrogens (tertiary/aromatic N) is 6. The summed E-state index contributed by atoms with van der Waals surface area (Å²) in [5.74, 6) is 0.0339. The SMILES string of the molecule is CCn1nccc1C(=O)N1Cc2nc(NC(=O)c3cnc(C)cc3-c3cc(Cl)ncc3OC)sc2C1. The smallest absolute Gasteiger partial charge is 0.272 e. The van der Waals surface area contributed by atoms with Gasteiger partial charge in [0.2, 0.25) is 0 Å². The fourth-order valence-corrected chi connectivity index (χ4v) is 5.22. The molecule has 0 spiro atoms. The minimum atomic E-state index is -0.361. The number of amides is 2. The van der Waals surface area contributed by atoms with Gasteiger partial charge < -0.3 is 9.64 Å². The van der Waals surface area contributed by atoms with Gasteiger partial charge >= 0.3 is 0 Å². The van der Waals surface area contributed by atoms with Crippen molar-refractivity contribution >= 4 is 39.9 Å². The van der Waals surface area contributed by atoms with Gasteiger partial charge in [-0.3, -0.25) is 24.6 Å². The first-order chi connectivity index (χ1) is 17.4. The van der Waals surface area contributed by atoms with Crippen molar-refractivity contribution in [2.75, 3.05) is 12.4 Å². The summed E-state index contributed by atoms with van der Waals surface area (Å²) in [6, 6.07) is 5.17. The summed E-state index contributed by atoms with van der Waals surface area (Å²) in [6.07, 6.45) is 4.66. The maximum Gasteiger partial charge on any atom is 0.272 e. The third kappa shape index (κ3) is 4.42. The predicted molar refractivity (Wildman–Crippen MR) is 135 cm³/mol. The third-order valence-corrected chi connectivity index (χ3v) is 7.03. The molecular formula is C24H22ClN7O3S. The average molecular weight is 524 g/mol. The topological polar surface area (TPSA) is 115 Å². The molecule has 0 aromatic carbocycles. The Kier molecular flexibility index (Phi) is 6.42. The number of aromatic nitrogens is 5. The summed E-state index contributed by atoms with van der Waals surface area (Å²) in [5.41, 5.74) is 3.66. The van der Waals surface area contributed by atoms with Crippen LogP contribution in [0.25, 0.3) is 11.1 Å². The molecule has 5 heterocycles. The lowest BCUT2D eigenvalue weighted by Crippen LogP contribution is -2.28. The van der Waals surface area contributed by atoms with Gasteiger partial charge in [-0.15, -0.1) is 0 Å². The van der Waals surface area contributed by atoms with Gasteiger partial charge in [0.25, 0.3) is 11.8 Å². The molecule has 12 heteroatoms. The number of thiazole rings is 1. The largest absolute Gasteiger partial charge is 0.494 e. The highest BCUT2D eigenvalue weighted by Gasteiger charge is 2.30. The minimum Gasteiger partial charge on any atom is -0.494 e. The quantitative estimate of drug-likeness (QED) is 0.377. The number of anilines is 1. The molecule has 0 aliphatic carbocycles. The zero-order valence-corrected chi connectivity index (χ0v) is 21.4. The van der Waals surface area contributed by atoms with Crippen LogP contribution in [0.3, 0.4) is 0 Å². The van der Waals surface area contributed by atoms with Crippen LogP contribution in [0.2, 0.25) is 5.15 Å². The van der Waals surface area contributed by atoms with Crippen molar-refractivity contribution in [1.29, 1.82) is 0 Å². The Morgan fingerprint density at radius 1 is 1.19 bits per heavy atom. The Morgan fingerprint density at radius 2 is 2.03 bits per heavy atom. The van der Waals surface area contributed by atoms with Gasteiger partial charge in [0.15, 0.2) is 5.13 Å². The maximum atomic E-state index is 13.3. The molecule has 0 unspecified atom stereocenters. The molecule has 1 aliphatic rings. The van der Waals surface area contributed by atoms with Gasteiger partial charge in [0.05, 0.1) is 42.5 Å². The lowest BCUT2D eigenvalue weighted by molar-refractivity contribution is 0.0738. The van der Waals surface area contributed by atoms with E-state index in [4.69, 9.17) is 16.3 Å². The van der Waals surface area contributed by atoms with Crippen LogP contribution >= 0.6 is 22.9 Å². The number of methoxy groups -OCH3 is 1. The number of ether oxygens (including phenoxy) is 1. The fraction of sp³-hybridized carbons (Fsp3) is 0.250. The molecule has 4 aromatic rings. The molecule has 36 heavy (non-hydrogen) atoms. The van der Waals surface area contributed by atoms with E-state index in [-0.39, 0.29) is 17.0 Å². The summed E-state index contributed by atoms with van der Waals surface area (Å²) < 4.78 is 7.11. The number of hydrogen-bond acceptors (Lipinski definition) is 8. The number of pyridine rings is 2. The van der Waals surface area contributed by atoms with E-state index in [0.717, 1.165) is 16.3 Å². The van der Waals surface area contributed by atoms with Crippen LogP contribution in [0.4, 0.5) is 5.13 Å². The van der Waals surface area contributed by atoms with Crippen LogP contribution in [0, 0.1) is 6.92 Å². The minimum absolute atomic E-state index is 0.0922. The summed E-state index contributed by atoms with van der Waals surface area (Å²) in [4.78, 5) is 41.8. The monoisotopic (exact) mass is 523 g/mol. The highest BCUT2D eigenvalue weighted by Crippen LogP contribution is 2.35. The number of carbonyl (C=O) groups is 2. The van der Waals surface area contributed by atoms with Crippen molar-refractivity contribution < 1.29 is 14.3 Å². The number of halogens is 1. The van der Waals surface area contributed by atoms with E-state index in [1.54, 1.807) is 34.0 Å². The predicted octanol–water partition coefficient (Wildman–Crippen LogP) is 4.20. The summed E-state index contributed by atoms with van der Waals surface area (Å²) >= 11 is 7.48. The molecule has 0 bridgehead atoms. The highest BCUT2D eigenvalue weighted by molar-refractivity contribution is 7.16. The summed E-state index contributed by atoms with van der Waals surface area (Å²) in [7, 11) is 1.53. The molecule has 0 radical (unpaired) electrons. The van der Waals surface area contributed by atoms with Crippen LogP contribution in [0.1, 0.15) is 44.0 Å². The second-order valence-electron chi connectivity index (χ2n) is 8.12. The Balaban J connectivity index is 1.36. The molecule has 0 saturated heterocycles. The average Bonchev–Trinajstić information content (AvgIpc) is 3.58. The van der Waals surface area contributed by atoms with E-state index in [1.807, 2.05) is 13.8 Å². The molecule has 1 N–H and O–H groups in total. The highest BCUT2D eigenvalue weighted by atomic mass is 35.5. The third-order valence-electron chi connectivity index (χ3n) is 5.83. The number of aryl methyl sites for hydroxylation is 2. The van der Waals surface area contributed by atoms with Gasteiger partial charge in [-0.2, -0.15) is 5.10 Å². The Morgan fingerprint density at radius 3 is 2.78 bits per heavy atom. The Bertz CT molecular complexity index is 1460. The second kappa shape index (κ2) is 9.67. The maximum absolute atomic E-state index is 13.3. The number of fused-ring (bicyclic) bond motifs is 1. The standard InChI is InChI=1S/C24H22ClN7O3S/c1-4-32-18(5-6-28-32)23(34)31-11-17-20(12-31)36-24(29-17)30-22(33)16-9-26-13(2)7-14(16)15-8-21(25)27-10-19(15)35-3/h5-10H,4,11-12H2,1-3H3,(H,29,30,33). The zero-order chi connectivity index (χ0) is 25.4. The van der Waals surface area contributed by atoms with E-state index in [2.05, 4.69) is 25.4 Å². The summed E-state index contributed by atoms with van der Waals surface area (Å²) in [5, 5.41) is 7.80. The van der Waals surface area contributed by atoms with Crippen LogP contribution in [0.5, 0.6) is 5.75 Å². The molecule has 0 atom stereocenters. The van der Waals surface area contributed by atoms with E-state index >= 15 is 0 Å². The second-order valence-corrected chi connectivity index (χ2v) is 9.59. The van der Waals surface area contributed by atoms with Gasteiger partial charge in [-0.25, -0.2) is 9.97 Å². The molecule has 0 saturated carbocycles. The lowest BCUT2D eigenvalue weighted by atomic mass is 10.0. The molecule has 1 aliphatic heterocycles. The first-order valence-electron chi connectivity index (χ1n) is 11.2. The van der Waals surface area contributed by atoms with E-state index in [1.165, 1.54) is 30.8 Å².